The topological polar surface area (TPSA) is 63.0 Å². The SMILES string of the molecule is CCCNC1CCC(O)(Cc2ncnn2CC(C)C)CC1. The summed E-state index contributed by atoms with van der Waals surface area (Å²) in [5.74, 6) is 1.46. The third-order valence-electron chi connectivity index (χ3n) is 4.32. The van der Waals surface area contributed by atoms with Crippen LogP contribution in [0.2, 0.25) is 0 Å². The zero-order chi connectivity index (χ0) is 15.3. The van der Waals surface area contributed by atoms with E-state index in [2.05, 4.69) is 36.2 Å². The van der Waals surface area contributed by atoms with Gasteiger partial charge in [0.1, 0.15) is 12.2 Å². The number of hydrogen-bond acceptors (Lipinski definition) is 4. The molecule has 1 saturated carbocycles. The number of rotatable bonds is 7. The van der Waals surface area contributed by atoms with E-state index in [1.807, 2.05) is 4.68 Å². The van der Waals surface area contributed by atoms with E-state index in [1.54, 1.807) is 6.33 Å². The van der Waals surface area contributed by atoms with Crippen LogP contribution in [-0.2, 0) is 13.0 Å². The van der Waals surface area contributed by atoms with Crippen LogP contribution in [0.5, 0.6) is 0 Å². The molecule has 2 rings (SSSR count). The summed E-state index contributed by atoms with van der Waals surface area (Å²) in [5, 5.41) is 18.7. The maximum atomic E-state index is 10.8. The second-order valence-corrected chi connectivity index (χ2v) is 6.88. The summed E-state index contributed by atoms with van der Waals surface area (Å²) >= 11 is 0. The van der Waals surface area contributed by atoms with E-state index in [9.17, 15) is 5.11 Å². The number of aliphatic hydroxyl groups is 1. The first-order chi connectivity index (χ1) is 10.0. The van der Waals surface area contributed by atoms with E-state index < -0.39 is 5.60 Å². The largest absolute Gasteiger partial charge is 0.389 e. The van der Waals surface area contributed by atoms with Crippen molar-refractivity contribution in [2.24, 2.45) is 5.92 Å². The van der Waals surface area contributed by atoms with Gasteiger partial charge in [-0.05, 0) is 44.6 Å². The van der Waals surface area contributed by atoms with Crippen molar-refractivity contribution >= 4 is 0 Å². The first kappa shape index (κ1) is 16.4. The van der Waals surface area contributed by atoms with Crippen LogP contribution in [0.3, 0.4) is 0 Å². The van der Waals surface area contributed by atoms with Gasteiger partial charge in [0.05, 0.1) is 5.60 Å². The molecule has 0 amide bonds. The maximum absolute atomic E-state index is 10.8. The fourth-order valence-electron chi connectivity index (χ4n) is 3.10. The van der Waals surface area contributed by atoms with Crippen LogP contribution < -0.4 is 5.32 Å². The van der Waals surface area contributed by atoms with Crippen LogP contribution in [-0.4, -0.2) is 38.1 Å². The van der Waals surface area contributed by atoms with Crippen LogP contribution in [0.15, 0.2) is 6.33 Å². The van der Waals surface area contributed by atoms with Gasteiger partial charge in [-0.15, -0.1) is 0 Å². The van der Waals surface area contributed by atoms with Gasteiger partial charge in [-0.2, -0.15) is 5.10 Å². The van der Waals surface area contributed by atoms with E-state index in [-0.39, 0.29) is 0 Å². The van der Waals surface area contributed by atoms with Gasteiger partial charge in [0, 0.05) is 19.0 Å². The number of hydrogen-bond donors (Lipinski definition) is 2. The second-order valence-electron chi connectivity index (χ2n) is 6.88. The van der Waals surface area contributed by atoms with Gasteiger partial charge < -0.3 is 10.4 Å². The molecule has 2 N–H and O–H groups in total. The Morgan fingerprint density at radius 2 is 2.14 bits per heavy atom. The van der Waals surface area contributed by atoms with E-state index >= 15 is 0 Å². The quantitative estimate of drug-likeness (QED) is 0.809. The van der Waals surface area contributed by atoms with Crippen molar-refractivity contribution in [3.05, 3.63) is 12.2 Å². The second kappa shape index (κ2) is 7.36. The van der Waals surface area contributed by atoms with E-state index in [4.69, 9.17) is 0 Å². The van der Waals surface area contributed by atoms with Crippen LogP contribution in [0.25, 0.3) is 0 Å². The van der Waals surface area contributed by atoms with Crippen LogP contribution >= 0.6 is 0 Å². The summed E-state index contributed by atoms with van der Waals surface area (Å²) in [6.45, 7) is 8.47. The minimum absolute atomic E-state index is 0.536. The Morgan fingerprint density at radius 3 is 2.76 bits per heavy atom. The average Bonchev–Trinajstić information content (AvgIpc) is 2.84. The van der Waals surface area contributed by atoms with Crippen LogP contribution in [0.4, 0.5) is 0 Å². The third-order valence-corrected chi connectivity index (χ3v) is 4.32. The Kier molecular flexibility index (Phi) is 5.76. The predicted molar refractivity (Wildman–Crippen MR) is 84.1 cm³/mol. The minimum Gasteiger partial charge on any atom is -0.389 e. The Labute approximate surface area is 128 Å². The van der Waals surface area contributed by atoms with Crippen molar-refractivity contribution in [1.29, 1.82) is 0 Å². The van der Waals surface area contributed by atoms with Crippen LogP contribution in [0.1, 0.15) is 58.7 Å². The van der Waals surface area contributed by atoms with Gasteiger partial charge in [0.2, 0.25) is 0 Å². The molecule has 1 heterocycles. The molecular weight excluding hydrogens is 264 g/mol. The smallest absolute Gasteiger partial charge is 0.138 e. The Hall–Kier alpha value is -0.940. The normalized spacial score (nSPS) is 26.4. The van der Waals surface area contributed by atoms with Gasteiger partial charge in [0.25, 0.3) is 0 Å². The highest BCUT2D eigenvalue weighted by molar-refractivity contribution is 4.98. The van der Waals surface area contributed by atoms with Crippen molar-refractivity contribution in [1.82, 2.24) is 20.1 Å². The molecule has 1 aromatic rings. The summed E-state index contributed by atoms with van der Waals surface area (Å²) in [5.41, 5.74) is -0.605. The molecule has 0 aromatic carbocycles. The summed E-state index contributed by atoms with van der Waals surface area (Å²) in [4.78, 5) is 4.35. The van der Waals surface area contributed by atoms with E-state index in [0.717, 1.165) is 44.6 Å². The number of nitrogens with zero attached hydrogens (tertiary/aromatic N) is 3. The summed E-state index contributed by atoms with van der Waals surface area (Å²) in [7, 11) is 0. The highest BCUT2D eigenvalue weighted by Crippen LogP contribution is 2.31. The van der Waals surface area contributed by atoms with Gasteiger partial charge in [-0.3, -0.25) is 0 Å². The van der Waals surface area contributed by atoms with Gasteiger partial charge in [-0.25, -0.2) is 9.67 Å². The van der Waals surface area contributed by atoms with Gasteiger partial charge >= 0.3 is 0 Å². The molecule has 0 atom stereocenters. The Morgan fingerprint density at radius 1 is 1.43 bits per heavy atom. The maximum Gasteiger partial charge on any atom is 0.138 e. The fraction of sp³-hybridized carbons (Fsp3) is 0.875. The summed E-state index contributed by atoms with van der Waals surface area (Å²) in [6.07, 6.45) is 7.20. The summed E-state index contributed by atoms with van der Waals surface area (Å²) in [6, 6.07) is 0.568. The fourth-order valence-corrected chi connectivity index (χ4v) is 3.10. The lowest BCUT2D eigenvalue weighted by Crippen LogP contribution is -2.43. The standard InChI is InChI=1S/C16H30N4O/c1-4-9-17-14-5-7-16(21,8-6-14)10-15-18-12-19-20(15)11-13(2)3/h12-14,17,21H,4-11H2,1-3H3. The van der Waals surface area contributed by atoms with Crippen LogP contribution in [0, 0.1) is 5.92 Å². The molecule has 21 heavy (non-hydrogen) atoms. The number of aromatic nitrogens is 3. The van der Waals surface area contributed by atoms with Crippen molar-refractivity contribution in [3.8, 4) is 0 Å². The molecule has 0 saturated heterocycles. The van der Waals surface area contributed by atoms with Gasteiger partial charge in [0.15, 0.2) is 0 Å². The Bertz CT molecular complexity index is 422. The predicted octanol–water partition coefficient (Wildman–Crippen LogP) is 2.15. The lowest BCUT2D eigenvalue weighted by Gasteiger charge is -2.36. The van der Waals surface area contributed by atoms with Crippen molar-refractivity contribution in [3.63, 3.8) is 0 Å². The van der Waals surface area contributed by atoms with Crippen molar-refractivity contribution in [2.45, 2.75) is 77.5 Å². The van der Waals surface area contributed by atoms with E-state index in [0.29, 0.717) is 18.4 Å². The highest BCUT2D eigenvalue weighted by atomic mass is 16.3. The molecule has 1 aliphatic rings. The molecule has 1 aliphatic carbocycles. The lowest BCUT2D eigenvalue weighted by molar-refractivity contribution is -0.00565. The molecule has 0 aliphatic heterocycles. The molecule has 0 unspecified atom stereocenters. The zero-order valence-corrected chi connectivity index (χ0v) is 13.7. The van der Waals surface area contributed by atoms with Crippen molar-refractivity contribution in [2.75, 3.05) is 6.54 Å². The lowest BCUT2D eigenvalue weighted by atomic mass is 9.80. The molecule has 1 aromatic heterocycles. The molecule has 0 bridgehead atoms. The first-order valence-electron chi connectivity index (χ1n) is 8.35. The zero-order valence-electron chi connectivity index (χ0n) is 13.7. The minimum atomic E-state index is -0.605. The highest BCUT2D eigenvalue weighted by Gasteiger charge is 2.34. The molecule has 120 valence electrons. The molecular formula is C16H30N4O. The van der Waals surface area contributed by atoms with Crippen molar-refractivity contribution < 1.29 is 5.11 Å². The average molecular weight is 294 g/mol. The monoisotopic (exact) mass is 294 g/mol. The number of nitrogens with one attached hydrogen (secondary N) is 1. The molecule has 5 heteroatoms. The Balaban J connectivity index is 1.89. The van der Waals surface area contributed by atoms with Gasteiger partial charge in [-0.1, -0.05) is 20.8 Å². The molecule has 0 spiro atoms. The molecule has 1 fully saturated rings. The molecule has 0 radical (unpaired) electrons. The first-order valence-corrected chi connectivity index (χ1v) is 8.35. The van der Waals surface area contributed by atoms with E-state index in [1.165, 1.54) is 6.42 Å². The molecule has 5 nitrogen and oxygen atoms in total. The third kappa shape index (κ3) is 4.78. The summed E-state index contributed by atoms with van der Waals surface area (Å²) < 4.78 is 1.95.